The van der Waals surface area contributed by atoms with Gasteiger partial charge in [-0.3, -0.25) is 9.59 Å². The van der Waals surface area contributed by atoms with Gasteiger partial charge in [0.1, 0.15) is 23.0 Å². The number of ether oxygens (including phenoxy) is 2. The van der Waals surface area contributed by atoms with Gasteiger partial charge in [0, 0.05) is 22.5 Å². The predicted molar refractivity (Wildman–Crippen MR) is 245 cm³/mol. The lowest BCUT2D eigenvalue weighted by atomic mass is 9.68. The van der Waals surface area contributed by atoms with Crippen molar-refractivity contribution in [1.29, 1.82) is 0 Å². The minimum absolute atomic E-state index is 0.152. The van der Waals surface area contributed by atoms with E-state index in [1.807, 2.05) is 137 Å². The van der Waals surface area contributed by atoms with Gasteiger partial charge in [0.25, 0.3) is 11.8 Å². The fourth-order valence-corrected chi connectivity index (χ4v) is 8.23. The van der Waals surface area contributed by atoms with Crippen molar-refractivity contribution in [2.24, 2.45) is 0 Å². The summed E-state index contributed by atoms with van der Waals surface area (Å²) < 4.78 is 12.6. The summed E-state index contributed by atoms with van der Waals surface area (Å²) in [5, 5.41) is 5.97. The van der Waals surface area contributed by atoms with Gasteiger partial charge in [0.15, 0.2) is 0 Å². The highest BCUT2D eigenvalue weighted by molar-refractivity contribution is 6.05. The molecule has 0 bridgehead atoms. The Morgan fingerprint density at radius 2 is 0.738 bits per heavy atom. The Morgan fingerprint density at radius 3 is 1.10 bits per heavy atom. The number of fused-ring (bicyclic) bond motifs is 3. The zero-order valence-corrected chi connectivity index (χ0v) is 34.5. The third kappa shape index (κ3) is 7.56. The zero-order valence-electron chi connectivity index (χ0n) is 34.5. The highest BCUT2D eigenvalue weighted by atomic mass is 16.5. The van der Waals surface area contributed by atoms with Gasteiger partial charge in [-0.05, 0) is 180 Å². The van der Waals surface area contributed by atoms with Crippen LogP contribution in [0.5, 0.6) is 23.0 Å². The van der Waals surface area contributed by atoms with E-state index in [2.05, 4.69) is 83.4 Å². The number of carbonyl (C=O) groups is 2. The maximum Gasteiger partial charge on any atom is 0.255 e. The molecule has 6 heteroatoms. The highest BCUT2D eigenvalue weighted by Gasteiger charge is 2.45. The van der Waals surface area contributed by atoms with Crippen LogP contribution in [-0.4, -0.2) is 11.8 Å². The fourth-order valence-electron chi connectivity index (χ4n) is 8.23. The second-order valence-corrected chi connectivity index (χ2v) is 15.6. The van der Waals surface area contributed by atoms with Gasteiger partial charge in [-0.2, -0.15) is 0 Å². The Bertz CT molecular complexity index is 2710. The summed E-state index contributed by atoms with van der Waals surface area (Å²) in [6, 6.07) is 60.2. The molecule has 9 rings (SSSR count). The van der Waals surface area contributed by atoms with Gasteiger partial charge in [0.2, 0.25) is 0 Å². The summed E-state index contributed by atoms with van der Waals surface area (Å²) in [5.74, 6) is 2.42. The van der Waals surface area contributed by atoms with Crippen LogP contribution >= 0.6 is 0 Å². The third-order valence-electron chi connectivity index (χ3n) is 11.8. The van der Waals surface area contributed by atoms with Crippen molar-refractivity contribution in [3.8, 4) is 34.1 Å². The van der Waals surface area contributed by atoms with Crippen molar-refractivity contribution in [1.82, 2.24) is 0 Å². The number of amides is 2. The molecule has 0 heterocycles. The van der Waals surface area contributed by atoms with Crippen LogP contribution in [0.4, 0.5) is 11.4 Å². The van der Waals surface area contributed by atoms with Crippen molar-refractivity contribution < 1.29 is 19.1 Å². The molecule has 61 heavy (non-hydrogen) atoms. The van der Waals surface area contributed by atoms with E-state index in [1.54, 1.807) is 0 Å². The maximum atomic E-state index is 12.9. The Hall–Kier alpha value is -7.70. The Morgan fingerprint density at radius 1 is 0.393 bits per heavy atom. The summed E-state index contributed by atoms with van der Waals surface area (Å²) in [6.07, 6.45) is 0. The quantitative estimate of drug-likeness (QED) is 0.144. The minimum Gasteiger partial charge on any atom is -0.457 e. The van der Waals surface area contributed by atoms with E-state index in [1.165, 1.54) is 22.3 Å². The first-order valence-corrected chi connectivity index (χ1v) is 20.4. The second kappa shape index (κ2) is 16.2. The maximum absolute atomic E-state index is 12.9. The number of rotatable bonds is 10. The van der Waals surface area contributed by atoms with E-state index in [-0.39, 0.29) is 11.8 Å². The fraction of sp³-hybridized carbons (Fsp3) is 0.0909. The summed E-state index contributed by atoms with van der Waals surface area (Å²) in [5.41, 5.74) is 13.5. The normalized spacial score (nSPS) is 12.2. The lowest BCUT2D eigenvalue weighted by Crippen LogP contribution is -2.28. The lowest BCUT2D eigenvalue weighted by Gasteiger charge is -2.34. The first-order chi connectivity index (χ1) is 29.6. The molecule has 1 aliphatic rings. The standard InChI is InChI=1S/C55H44N2O4/c1-35-13-15-39(33-37(35)3)53(58)56-43-21-29-47(30-22-43)60-45-25-17-41(18-26-45)55(51-11-7-5-9-49(51)50-10-6-8-12-52(50)55)42-19-27-46(28-20-42)61-48-31-23-44(24-32-48)57-54(59)40-16-14-36(2)38(4)34-40/h5-34H,1-4H3,(H,56,58)(H,57,59). The van der Waals surface area contributed by atoms with Crippen molar-refractivity contribution >= 4 is 23.2 Å². The van der Waals surface area contributed by atoms with Crippen molar-refractivity contribution in [2.45, 2.75) is 33.1 Å². The molecule has 0 saturated heterocycles. The highest BCUT2D eigenvalue weighted by Crippen LogP contribution is 2.56. The first kappa shape index (κ1) is 38.8. The molecule has 0 saturated carbocycles. The Balaban J connectivity index is 0.952. The van der Waals surface area contributed by atoms with E-state index >= 15 is 0 Å². The molecular weight excluding hydrogens is 753 g/mol. The van der Waals surface area contributed by atoms with E-state index < -0.39 is 5.41 Å². The number of nitrogens with one attached hydrogen (secondary N) is 2. The van der Waals surface area contributed by atoms with Gasteiger partial charge in [-0.15, -0.1) is 0 Å². The van der Waals surface area contributed by atoms with E-state index in [4.69, 9.17) is 9.47 Å². The molecule has 2 N–H and O–H groups in total. The van der Waals surface area contributed by atoms with Crippen LogP contribution in [-0.2, 0) is 5.41 Å². The summed E-state index contributed by atoms with van der Waals surface area (Å²) >= 11 is 0. The van der Waals surface area contributed by atoms with Crippen molar-refractivity contribution in [3.05, 3.63) is 238 Å². The molecule has 0 fully saturated rings. The largest absolute Gasteiger partial charge is 0.457 e. The Labute approximate surface area is 356 Å². The monoisotopic (exact) mass is 796 g/mol. The average Bonchev–Trinajstić information content (AvgIpc) is 3.58. The summed E-state index contributed by atoms with van der Waals surface area (Å²) in [4.78, 5) is 25.8. The smallest absolute Gasteiger partial charge is 0.255 e. The van der Waals surface area contributed by atoms with Crippen LogP contribution in [0.25, 0.3) is 11.1 Å². The van der Waals surface area contributed by atoms with Gasteiger partial charge in [-0.1, -0.05) is 84.9 Å². The van der Waals surface area contributed by atoms with E-state index in [0.29, 0.717) is 45.5 Å². The van der Waals surface area contributed by atoms with Gasteiger partial charge in [0.05, 0.1) is 5.41 Å². The molecule has 1 aliphatic carbocycles. The van der Waals surface area contributed by atoms with Crippen molar-refractivity contribution in [3.63, 3.8) is 0 Å². The Kier molecular flexibility index (Phi) is 10.3. The lowest BCUT2D eigenvalue weighted by molar-refractivity contribution is 0.101. The second-order valence-electron chi connectivity index (χ2n) is 15.6. The van der Waals surface area contributed by atoms with Crippen LogP contribution in [0.3, 0.4) is 0 Å². The molecule has 0 aromatic heterocycles. The molecule has 0 unspecified atom stereocenters. The molecular formula is C55H44N2O4. The zero-order chi connectivity index (χ0) is 42.1. The van der Waals surface area contributed by atoms with Gasteiger partial charge >= 0.3 is 0 Å². The number of anilines is 2. The summed E-state index contributed by atoms with van der Waals surface area (Å²) in [6.45, 7) is 8.08. The molecule has 8 aromatic carbocycles. The van der Waals surface area contributed by atoms with Crippen LogP contribution in [0.1, 0.15) is 65.2 Å². The van der Waals surface area contributed by atoms with Crippen LogP contribution in [0, 0.1) is 27.7 Å². The number of benzene rings is 8. The minimum atomic E-state index is -0.601. The van der Waals surface area contributed by atoms with E-state index in [0.717, 1.165) is 33.4 Å². The number of hydrogen-bond acceptors (Lipinski definition) is 4. The molecule has 8 aromatic rings. The molecule has 0 radical (unpaired) electrons. The van der Waals surface area contributed by atoms with Gasteiger partial charge < -0.3 is 20.1 Å². The number of carbonyl (C=O) groups excluding carboxylic acids is 2. The number of hydrogen-bond donors (Lipinski definition) is 2. The molecule has 298 valence electrons. The van der Waals surface area contributed by atoms with Crippen LogP contribution < -0.4 is 20.1 Å². The SMILES string of the molecule is Cc1ccc(C(=O)Nc2ccc(Oc3ccc(C4(c5ccc(Oc6ccc(NC(=O)c7ccc(C)c(C)c7)cc6)cc5)c5ccccc5-c5ccccc54)cc3)cc2)cc1C. The third-order valence-corrected chi connectivity index (χ3v) is 11.8. The predicted octanol–water partition coefficient (Wildman–Crippen LogP) is 13.4. The molecule has 0 atom stereocenters. The van der Waals surface area contributed by atoms with E-state index in [9.17, 15) is 9.59 Å². The topological polar surface area (TPSA) is 76.7 Å². The molecule has 0 spiro atoms. The van der Waals surface area contributed by atoms with Crippen LogP contribution in [0.2, 0.25) is 0 Å². The molecule has 2 amide bonds. The molecule has 6 nitrogen and oxygen atoms in total. The van der Waals surface area contributed by atoms with Crippen molar-refractivity contribution in [2.75, 3.05) is 10.6 Å². The van der Waals surface area contributed by atoms with Gasteiger partial charge in [-0.25, -0.2) is 0 Å². The first-order valence-electron chi connectivity index (χ1n) is 20.4. The molecule has 0 aliphatic heterocycles. The number of aryl methyl sites for hydroxylation is 4. The average molecular weight is 797 g/mol. The van der Waals surface area contributed by atoms with Crippen LogP contribution in [0.15, 0.2) is 182 Å². The summed E-state index contributed by atoms with van der Waals surface area (Å²) in [7, 11) is 0.